The Hall–Kier alpha value is -4.50. The number of halogens is 3. The van der Waals surface area contributed by atoms with E-state index >= 15 is 0 Å². The highest BCUT2D eigenvalue weighted by Crippen LogP contribution is 2.39. The largest absolute Gasteiger partial charge is 0.778 e. The number of hydrogen-bond donors (Lipinski definition) is 6. The van der Waals surface area contributed by atoms with Gasteiger partial charge in [-0.1, -0.05) is 54.9 Å². The van der Waals surface area contributed by atoms with E-state index in [-0.39, 0.29) is 50.8 Å². The number of hydrogen-bond acceptors (Lipinski definition) is 15. The first-order chi connectivity index (χ1) is 30.7. The number of nitro benzene ring substituents is 1. The number of alkyl halides is 1. The summed E-state index contributed by atoms with van der Waals surface area (Å²) in [5.74, 6) is 0.552. The van der Waals surface area contributed by atoms with Crippen LogP contribution in [0.15, 0.2) is 60.7 Å². The normalized spacial score (nSPS) is 11.8. The minimum absolute atomic E-state index is 0.0223. The second kappa shape index (κ2) is 31.5. The van der Waals surface area contributed by atoms with Crippen LogP contribution >= 0.6 is 42.4 Å². The van der Waals surface area contributed by atoms with Gasteiger partial charge in [0.1, 0.15) is 35.7 Å². The molecule has 0 bridgehead atoms. The van der Waals surface area contributed by atoms with Crippen LogP contribution in [0.25, 0.3) is 0 Å². The molecule has 24 heteroatoms. The van der Waals surface area contributed by atoms with E-state index in [2.05, 4.69) is 57.3 Å². The van der Waals surface area contributed by atoms with Crippen LogP contribution in [-0.2, 0) is 36.2 Å². The molecule has 0 spiro atoms. The summed E-state index contributed by atoms with van der Waals surface area (Å²) in [6, 6.07) is 17.7. The maximum atomic E-state index is 12.2. The number of carboxylic acid groups (broad SMARTS) is 1. The van der Waals surface area contributed by atoms with Gasteiger partial charge in [0, 0.05) is 25.3 Å². The van der Waals surface area contributed by atoms with Gasteiger partial charge in [0.05, 0.1) is 54.9 Å². The fourth-order valence-electron chi connectivity index (χ4n) is 5.02. The molecule has 0 saturated carbocycles. The van der Waals surface area contributed by atoms with Crippen molar-refractivity contribution in [2.75, 3.05) is 79.0 Å². The van der Waals surface area contributed by atoms with E-state index in [1.165, 1.54) is 12.1 Å². The Kier molecular flexibility index (Phi) is 29.3. The zero-order valence-electron chi connectivity index (χ0n) is 39.1. The lowest BCUT2D eigenvalue weighted by molar-refractivity contribution is -0.383. The molecule has 7 N–H and O–H groups in total. The Morgan fingerprint density at radius 3 is 2.09 bits per heavy atom. The Morgan fingerprint density at radius 2 is 1.61 bits per heavy atom. The fraction of sp³-hybridized carbons (Fsp3) is 0.452. The first kappa shape index (κ1) is 61.5. The molecule has 0 fully saturated rings. The van der Waals surface area contributed by atoms with Crippen LogP contribution in [0.3, 0.4) is 0 Å². The van der Waals surface area contributed by atoms with E-state index in [0.717, 1.165) is 29.8 Å². The molecule has 0 aliphatic carbocycles. The Bertz CT molecular complexity index is 2150. The van der Waals surface area contributed by atoms with Gasteiger partial charge in [-0.15, -0.1) is 11.6 Å². The Labute approximate surface area is 405 Å². The third-order valence-electron chi connectivity index (χ3n) is 7.48. The van der Waals surface area contributed by atoms with Gasteiger partial charge in [0.2, 0.25) is 23.1 Å². The van der Waals surface area contributed by atoms with Crippen LogP contribution < -0.4 is 36.2 Å². The standard InChI is InChI=1S/C15H22ClNO2.C12H9ClN2O3.C9H16ClN5.C3H8NO5P.C3H9S/c1-5-13-8-6-7-11(2)15(13)17(14(18)9-16)12(3)10-19-4;13-11-10(18-8-4-2-1-3-5-8)7-6-9(12(11)14)15(16)17;1-5-11-7-12-6(10)13-8(14-7)15-9(2,3)4;5-3(6)1-4-2-10(7,8)9;1-4(2)3/h6-8,12H,5,9-10H2,1-4H3;1-7H,14H2;5H2,1-4H3,(H2,11,12,13,14,15);4H,1-2H2,(H,5,6)(H2,7,8,9);1-3H3/q;;;;+1/p-1. The topological polar surface area (TPSA) is 280 Å². The number of rotatable bonds is 16. The highest BCUT2D eigenvalue weighted by atomic mass is 35.5. The Morgan fingerprint density at radius 1 is 1.02 bits per heavy atom. The number of amides is 1. The minimum atomic E-state index is -4.35. The summed E-state index contributed by atoms with van der Waals surface area (Å²) in [4.78, 5) is 63.9. The second-order valence-corrected chi connectivity index (χ2v) is 20.1. The average molecular weight is 1020 g/mol. The van der Waals surface area contributed by atoms with Crippen LogP contribution in [0, 0.1) is 17.0 Å². The molecule has 0 aliphatic heterocycles. The van der Waals surface area contributed by atoms with Gasteiger partial charge in [-0.3, -0.25) is 25.0 Å². The predicted octanol–water partition coefficient (Wildman–Crippen LogP) is 7.61. The number of nitrogens with one attached hydrogen (secondary N) is 3. The number of para-hydroxylation sites is 2. The number of aromatic nitrogens is 3. The maximum absolute atomic E-state index is 12.2. The number of methoxy groups -OCH3 is 1. The van der Waals surface area contributed by atoms with Crippen molar-refractivity contribution in [2.24, 2.45) is 0 Å². The van der Waals surface area contributed by atoms with E-state index in [9.17, 15) is 29.2 Å². The first-order valence-electron chi connectivity index (χ1n) is 20.0. The third-order valence-corrected chi connectivity index (χ3v) is 8.89. The lowest BCUT2D eigenvalue weighted by Gasteiger charge is -2.31. The van der Waals surface area contributed by atoms with Gasteiger partial charge in [-0.2, -0.15) is 15.0 Å². The van der Waals surface area contributed by atoms with Gasteiger partial charge in [0.25, 0.3) is 5.69 Å². The van der Waals surface area contributed by atoms with E-state index in [4.69, 9.17) is 60.0 Å². The monoisotopic (exact) mass is 1020 g/mol. The molecule has 4 rings (SSSR count). The second-order valence-electron chi connectivity index (χ2n) is 15.1. The van der Waals surface area contributed by atoms with Crippen LogP contribution in [0.4, 0.5) is 29.0 Å². The van der Waals surface area contributed by atoms with Crippen molar-refractivity contribution in [2.45, 2.75) is 66.5 Å². The van der Waals surface area contributed by atoms with Gasteiger partial charge in [0.15, 0.2) is 0 Å². The molecule has 1 aromatic heterocycles. The molecular weight excluding hydrogens is 960 g/mol. The molecule has 0 saturated heterocycles. The molecule has 2 atom stereocenters. The smallest absolute Gasteiger partial charge is 0.317 e. The van der Waals surface area contributed by atoms with Crippen LogP contribution in [0.2, 0.25) is 10.3 Å². The number of carboxylic acids is 1. The molecule has 1 heterocycles. The summed E-state index contributed by atoms with van der Waals surface area (Å²) in [6.07, 6.45) is 6.75. The molecule has 0 aliphatic rings. The van der Waals surface area contributed by atoms with Crippen molar-refractivity contribution in [3.05, 3.63) is 92.2 Å². The number of carbonyl (C=O) groups is 2. The van der Waals surface area contributed by atoms with Crippen molar-refractivity contribution < 1.29 is 43.4 Å². The number of ether oxygens (including phenoxy) is 2. The summed E-state index contributed by atoms with van der Waals surface area (Å²) in [6.45, 7) is 14.9. The zero-order chi connectivity index (χ0) is 50.8. The maximum Gasteiger partial charge on any atom is 0.317 e. The molecule has 19 nitrogen and oxygen atoms in total. The number of nitrogens with zero attached hydrogens (tertiary/aromatic N) is 5. The molecule has 66 heavy (non-hydrogen) atoms. The van der Waals surface area contributed by atoms with E-state index in [1.54, 1.807) is 36.3 Å². The van der Waals surface area contributed by atoms with E-state index < -0.39 is 31.3 Å². The molecule has 4 aromatic rings. The fourth-order valence-corrected chi connectivity index (χ4v) is 5.90. The summed E-state index contributed by atoms with van der Waals surface area (Å²) >= 11 is 17.5. The van der Waals surface area contributed by atoms with Crippen molar-refractivity contribution in [1.82, 2.24) is 20.3 Å². The minimum Gasteiger partial charge on any atom is -0.778 e. The van der Waals surface area contributed by atoms with E-state index in [0.29, 0.717) is 35.1 Å². The molecule has 1 amide bonds. The molecular formula is C42H63Cl3N9O10PS. The van der Waals surface area contributed by atoms with Gasteiger partial charge in [-0.05, 0) is 99.8 Å². The van der Waals surface area contributed by atoms with Gasteiger partial charge in [-0.25, -0.2) is 0 Å². The lowest BCUT2D eigenvalue weighted by atomic mass is 10.0. The Balaban J connectivity index is 0.000000847. The van der Waals surface area contributed by atoms with Crippen LogP contribution in [0.5, 0.6) is 11.5 Å². The van der Waals surface area contributed by atoms with E-state index in [1.807, 2.05) is 65.1 Å². The first-order valence-corrected chi connectivity index (χ1v) is 25.5. The number of anilines is 4. The molecule has 368 valence electrons. The highest BCUT2D eigenvalue weighted by molar-refractivity contribution is 7.94. The van der Waals surface area contributed by atoms with Crippen LogP contribution in [0.1, 0.15) is 52.7 Å². The van der Waals surface area contributed by atoms with Crippen molar-refractivity contribution in [3.8, 4) is 11.5 Å². The molecule has 2 unspecified atom stereocenters. The predicted molar refractivity (Wildman–Crippen MR) is 267 cm³/mol. The number of carbonyl (C=O) groups excluding carboxylic acids is 1. The van der Waals surface area contributed by atoms with Crippen LogP contribution in [-0.4, -0.2) is 111 Å². The number of benzene rings is 3. The SMILES string of the molecule is CCNc1nc(Cl)nc(NC(C)(C)C)n1.CCc1cccc(C)c1N(C(=O)CCl)C(C)COC.C[S+](C)C.Nc1c([N+](=O)[O-])ccc(Oc2ccccc2)c1Cl.O=C(O)CNCP(=O)([O-])O. The number of nitrogen functional groups attached to an aromatic ring is 1. The van der Waals surface area contributed by atoms with Crippen molar-refractivity contribution in [1.29, 1.82) is 0 Å². The number of nitro groups is 1. The van der Waals surface area contributed by atoms with Crippen molar-refractivity contribution in [3.63, 3.8) is 0 Å². The summed E-state index contributed by atoms with van der Waals surface area (Å²) in [5, 5.41) is 27.0. The molecule has 3 aromatic carbocycles. The van der Waals surface area contributed by atoms with Gasteiger partial charge >= 0.3 is 5.97 Å². The zero-order valence-corrected chi connectivity index (χ0v) is 43.0. The average Bonchev–Trinajstić information content (AvgIpc) is 3.20. The summed E-state index contributed by atoms with van der Waals surface area (Å²) in [7, 11) is -2.07. The number of nitrogens with two attached hydrogens (primary N) is 1. The summed E-state index contributed by atoms with van der Waals surface area (Å²) in [5.41, 5.74) is 8.35. The highest BCUT2D eigenvalue weighted by Gasteiger charge is 2.25. The van der Waals surface area contributed by atoms with Gasteiger partial charge < -0.3 is 50.2 Å². The molecule has 0 radical (unpaired) electrons. The van der Waals surface area contributed by atoms with Crippen molar-refractivity contribution >= 4 is 94.1 Å². The lowest BCUT2D eigenvalue weighted by Crippen LogP contribution is -2.43. The quantitative estimate of drug-likeness (QED) is 0.0157. The third kappa shape index (κ3) is 26.0. The number of aliphatic carboxylic acids is 1. The summed E-state index contributed by atoms with van der Waals surface area (Å²) < 4.78 is 20.6. The number of aryl methyl sites for hydroxylation is 2.